The van der Waals surface area contributed by atoms with E-state index in [1.54, 1.807) is 16.0 Å². The van der Waals surface area contributed by atoms with Gasteiger partial charge in [-0.15, -0.1) is 16.4 Å². The summed E-state index contributed by atoms with van der Waals surface area (Å²) in [7, 11) is 0. The van der Waals surface area contributed by atoms with Gasteiger partial charge in [0.1, 0.15) is 0 Å². The van der Waals surface area contributed by atoms with E-state index < -0.39 is 0 Å². The van der Waals surface area contributed by atoms with Crippen molar-refractivity contribution in [3.63, 3.8) is 0 Å². The number of nitrogens with one attached hydrogen (secondary N) is 1. The molecule has 0 aliphatic rings. The maximum Gasteiger partial charge on any atom is 0.336 e. The molecular formula is C18H20N4O2S. The molecule has 1 N–H and O–H groups in total. The second-order valence-corrected chi connectivity index (χ2v) is 6.68. The number of amides is 1. The van der Waals surface area contributed by atoms with Gasteiger partial charge in [0, 0.05) is 11.6 Å². The van der Waals surface area contributed by atoms with Crippen LogP contribution in [0.2, 0.25) is 0 Å². The Bertz CT molecular complexity index is 856. The Balaban J connectivity index is 1.99. The molecule has 1 aromatic carbocycles. The number of nitrogens with zero attached hydrogens (tertiary/aromatic N) is 3. The van der Waals surface area contributed by atoms with Crippen LogP contribution in [-0.2, 0) is 4.79 Å². The first-order chi connectivity index (χ1) is 12.1. The molecule has 7 heteroatoms. The number of thiophene rings is 1. The zero-order valence-corrected chi connectivity index (χ0v) is 15.2. The van der Waals surface area contributed by atoms with Crippen molar-refractivity contribution in [1.82, 2.24) is 14.8 Å². The van der Waals surface area contributed by atoms with Gasteiger partial charge in [-0.2, -0.15) is 4.98 Å². The first-order valence-corrected chi connectivity index (χ1v) is 9.01. The van der Waals surface area contributed by atoms with Crippen molar-refractivity contribution in [2.24, 2.45) is 5.92 Å². The Kier molecular flexibility index (Phi) is 5.14. The molecule has 0 saturated heterocycles. The molecule has 0 bridgehead atoms. The fourth-order valence-electron chi connectivity index (χ4n) is 2.23. The quantitative estimate of drug-likeness (QED) is 0.725. The summed E-state index contributed by atoms with van der Waals surface area (Å²) in [5.41, 5.74) is 1.53. The predicted octanol–water partition coefficient (Wildman–Crippen LogP) is 3.99. The minimum atomic E-state index is -0.0822. The van der Waals surface area contributed by atoms with Crippen LogP contribution in [0, 0.1) is 5.92 Å². The molecule has 3 aromatic rings. The van der Waals surface area contributed by atoms with Crippen LogP contribution in [0.4, 0.5) is 5.69 Å². The van der Waals surface area contributed by atoms with Gasteiger partial charge in [-0.3, -0.25) is 4.79 Å². The first-order valence-electron chi connectivity index (χ1n) is 8.13. The molecule has 0 fully saturated rings. The highest BCUT2D eigenvalue weighted by Crippen LogP contribution is 2.28. The Morgan fingerprint density at radius 1 is 1.32 bits per heavy atom. The van der Waals surface area contributed by atoms with E-state index in [1.165, 1.54) is 0 Å². The second-order valence-electron chi connectivity index (χ2n) is 5.73. The second kappa shape index (κ2) is 7.48. The van der Waals surface area contributed by atoms with Crippen LogP contribution < -0.4 is 10.1 Å². The Morgan fingerprint density at radius 2 is 2.16 bits per heavy atom. The Hall–Kier alpha value is -2.67. The normalized spacial score (nSPS) is 10.9. The molecule has 0 spiro atoms. The lowest BCUT2D eigenvalue weighted by Gasteiger charge is -2.10. The van der Waals surface area contributed by atoms with Gasteiger partial charge in [0.25, 0.3) is 0 Å². The summed E-state index contributed by atoms with van der Waals surface area (Å²) in [5.74, 6) is 0.608. The molecule has 2 aromatic heterocycles. The number of rotatable bonds is 6. The third kappa shape index (κ3) is 3.88. The summed E-state index contributed by atoms with van der Waals surface area (Å²) in [6, 6.07) is 11.8. The fraction of sp³-hybridized carbons (Fsp3) is 0.278. The topological polar surface area (TPSA) is 69.0 Å². The van der Waals surface area contributed by atoms with E-state index in [1.807, 2.05) is 62.5 Å². The minimum absolute atomic E-state index is 0.0239. The van der Waals surface area contributed by atoms with Gasteiger partial charge < -0.3 is 10.1 Å². The lowest BCUT2D eigenvalue weighted by Crippen LogP contribution is -2.17. The third-order valence-corrected chi connectivity index (χ3v) is 4.35. The highest BCUT2D eigenvalue weighted by molar-refractivity contribution is 7.13. The van der Waals surface area contributed by atoms with Crippen molar-refractivity contribution in [2.45, 2.75) is 20.8 Å². The zero-order valence-electron chi connectivity index (χ0n) is 14.4. The van der Waals surface area contributed by atoms with Gasteiger partial charge in [-0.25, -0.2) is 4.68 Å². The van der Waals surface area contributed by atoms with Crippen LogP contribution in [0.15, 0.2) is 41.8 Å². The summed E-state index contributed by atoms with van der Waals surface area (Å²) in [5, 5.41) is 9.36. The van der Waals surface area contributed by atoms with Crippen molar-refractivity contribution >= 4 is 22.9 Å². The highest BCUT2D eigenvalue weighted by atomic mass is 32.1. The summed E-state index contributed by atoms with van der Waals surface area (Å²) in [4.78, 5) is 17.4. The van der Waals surface area contributed by atoms with Gasteiger partial charge in [-0.1, -0.05) is 26.0 Å². The molecule has 3 rings (SSSR count). The van der Waals surface area contributed by atoms with E-state index in [0.717, 1.165) is 16.3 Å². The Morgan fingerprint density at radius 3 is 2.84 bits per heavy atom. The lowest BCUT2D eigenvalue weighted by molar-refractivity contribution is -0.118. The lowest BCUT2D eigenvalue weighted by atomic mass is 10.2. The fourth-order valence-corrected chi connectivity index (χ4v) is 2.93. The number of carbonyl (C=O) groups is 1. The largest absolute Gasteiger partial charge is 0.463 e. The van der Waals surface area contributed by atoms with Crippen LogP contribution in [0.5, 0.6) is 6.01 Å². The van der Waals surface area contributed by atoms with Crippen LogP contribution in [0.25, 0.3) is 16.4 Å². The Labute approximate surface area is 150 Å². The number of carbonyl (C=O) groups excluding carboxylic acids is 1. The molecule has 0 aliphatic carbocycles. The van der Waals surface area contributed by atoms with Gasteiger partial charge in [0.2, 0.25) is 5.91 Å². The number of hydrogen-bond acceptors (Lipinski definition) is 5. The zero-order chi connectivity index (χ0) is 17.8. The number of hydrogen-bond donors (Lipinski definition) is 1. The highest BCUT2D eigenvalue weighted by Gasteiger charge is 2.16. The first kappa shape index (κ1) is 17.2. The van der Waals surface area contributed by atoms with E-state index in [2.05, 4.69) is 15.4 Å². The van der Waals surface area contributed by atoms with Gasteiger partial charge in [0.15, 0.2) is 5.82 Å². The van der Waals surface area contributed by atoms with Gasteiger partial charge in [-0.05, 0) is 36.6 Å². The molecular weight excluding hydrogens is 336 g/mol. The van der Waals surface area contributed by atoms with Crippen molar-refractivity contribution in [3.8, 4) is 22.4 Å². The summed E-state index contributed by atoms with van der Waals surface area (Å²) >= 11 is 1.59. The van der Waals surface area contributed by atoms with E-state index in [9.17, 15) is 4.79 Å². The molecule has 130 valence electrons. The summed E-state index contributed by atoms with van der Waals surface area (Å²) in [6.07, 6.45) is 0. The van der Waals surface area contributed by atoms with E-state index >= 15 is 0 Å². The maximum absolute atomic E-state index is 11.9. The molecule has 0 atom stereocenters. The van der Waals surface area contributed by atoms with E-state index in [0.29, 0.717) is 18.4 Å². The monoisotopic (exact) mass is 356 g/mol. The standard InChI is InChI=1S/C18H20N4O2S/c1-4-24-18-20-16(15-9-6-10-25-15)22(21-18)14-8-5-7-13(11-14)19-17(23)12(2)3/h5-12H,4H2,1-3H3,(H,19,23). The molecule has 2 heterocycles. The van der Waals surface area contributed by atoms with Crippen LogP contribution >= 0.6 is 11.3 Å². The smallest absolute Gasteiger partial charge is 0.336 e. The molecule has 0 saturated carbocycles. The van der Waals surface area contributed by atoms with Crippen molar-refractivity contribution < 1.29 is 9.53 Å². The molecule has 25 heavy (non-hydrogen) atoms. The third-order valence-electron chi connectivity index (χ3n) is 3.49. The van der Waals surface area contributed by atoms with Crippen molar-refractivity contribution in [1.29, 1.82) is 0 Å². The van der Waals surface area contributed by atoms with E-state index in [4.69, 9.17) is 4.74 Å². The average Bonchev–Trinajstić information content (AvgIpc) is 3.24. The van der Waals surface area contributed by atoms with Crippen molar-refractivity contribution in [3.05, 3.63) is 41.8 Å². The summed E-state index contributed by atoms with van der Waals surface area (Å²) < 4.78 is 7.20. The molecule has 0 radical (unpaired) electrons. The number of aromatic nitrogens is 3. The number of benzene rings is 1. The van der Waals surface area contributed by atoms with Gasteiger partial charge >= 0.3 is 6.01 Å². The average molecular weight is 356 g/mol. The van der Waals surface area contributed by atoms with Gasteiger partial charge in [0.05, 0.1) is 17.2 Å². The minimum Gasteiger partial charge on any atom is -0.463 e. The number of ether oxygens (including phenoxy) is 1. The maximum atomic E-state index is 11.9. The number of anilines is 1. The molecule has 0 aliphatic heterocycles. The SMILES string of the molecule is CCOc1nc(-c2cccs2)n(-c2cccc(NC(=O)C(C)C)c2)n1. The van der Waals surface area contributed by atoms with E-state index in [-0.39, 0.29) is 11.8 Å². The van der Waals surface area contributed by atoms with Crippen LogP contribution in [0.1, 0.15) is 20.8 Å². The van der Waals surface area contributed by atoms with Crippen LogP contribution in [-0.4, -0.2) is 27.3 Å². The van der Waals surface area contributed by atoms with Crippen molar-refractivity contribution in [2.75, 3.05) is 11.9 Å². The summed E-state index contributed by atoms with van der Waals surface area (Å²) in [6.45, 7) is 6.12. The molecule has 0 unspecified atom stereocenters. The molecule has 6 nitrogen and oxygen atoms in total. The predicted molar refractivity (Wildman–Crippen MR) is 99.3 cm³/mol. The van der Waals surface area contributed by atoms with Crippen LogP contribution in [0.3, 0.4) is 0 Å². The molecule has 1 amide bonds.